The smallest absolute Gasteiger partial charge is 1.00 e. The van der Waals surface area contributed by atoms with Gasteiger partial charge in [-0.1, -0.05) is 70.9 Å². The molecule has 108 valence electrons. The maximum atomic E-state index is 12.3. The predicted molar refractivity (Wildman–Crippen MR) is 63.3 cm³/mol. The molecule has 1 aromatic rings. The van der Waals surface area contributed by atoms with Crippen LogP contribution < -0.4 is 42.3 Å². The maximum Gasteiger partial charge on any atom is 4.00 e. The van der Waals surface area contributed by atoms with Gasteiger partial charge in [-0.25, -0.2) is 0 Å². The van der Waals surface area contributed by atoms with Crippen molar-refractivity contribution >= 4 is 0 Å². The minimum absolute atomic E-state index is 0. The Labute approximate surface area is 151 Å². The van der Waals surface area contributed by atoms with Crippen molar-refractivity contribution in [2.24, 2.45) is 0 Å². The Kier molecular flexibility index (Phi) is 14.0. The first-order valence-electron chi connectivity index (χ1n) is 5.45. The van der Waals surface area contributed by atoms with E-state index in [1.807, 2.05) is 18.2 Å². The minimum atomic E-state index is -0.0711. The summed E-state index contributed by atoms with van der Waals surface area (Å²) in [7, 11) is 0. The van der Waals surface area contributed by atoms with E-state index in [4.69, 9.17) is 0 Å². The number of halogens is 3. The van der Waals surface area contributed by atoms with E-state index in [2.05, 4.69) is 41.5 Å². The van der Waals surface area contributed by atoms with Crippen molar-refractivity contribution in [3.05, 3.63) is 29.3 Å². The van der Waals surface area contributed by atoms with E-state index in [0.717, 1.165) is 11.1 Å². The van der Waals surface area contributed by atoms with E-state index in [1.165, 1.54) is 0 Å². The molecule has 0 N–H and O–H groups in total. The van der Waals surface area contributed by atoms with Crippen LogP contribution in [0.5, 0.6) is 5.75 Å². The molecule has 0 bridgehead atoms. The van der Waals surface area contributed by atoms with Crippen molar-refractivity contribution in [3.8, 4) is 5.75 Å². The molecule has 0 radical (unpaired) electrons. The summed E-state index contributed by atoms with van der Waals surface area (Å²) in [6, 6.07) is 5.87. The molecule has 0 spiro atoms. The molecular weight excluding hydrogens is 338 g/mol. The number of para-hydroxylation sites is 1. The molecular formula is C14H21Cl3OTi. The standard InChI is InChI=1S/C14H22O.3ClH.Ti/c1-13(2,3)10-8-7-9-11(12(10)15)14(4,5)6;;;;/h7-9,15H,1-6H3;3*1H;/q;;;;+4/p-4. The molecule has 0 saturated carbocycles. The summed E-state index contributed by atoms with van der Waals surface area (Å²) in [5, 5.41) is 12.3. The van der Waals surface area contributed by atoms with Crippen LogP contribution in [0.1, 0.15) is 52.7 Å². The van der Waals surface area contributed by atoms with Crippen molar-refractivity contribution in [2.45, 2.75) is 52.4 Å². The molecule has 0 aromatic heterocycles. The van der Waals surface area contributed by atoms with Crippen molar-refractivity contribution in [3.63, 3.8) is 0 Å². The number of rotatable bonds is 0. The summed E-state index contributed by atoms with van der Waals surface area (Å²) in [5.74, 6) is 0.206. The van der Waals surface area contributed by atoms with Gasteiger partial charge in [-0.2, -0.15) is 0 Å². The quantitative estimate of drug-likeness (QED) is 0.424. The van der Waals surface area contributed by atoms with Gasteiger partial charge < -0.3 is 42.3 Å². The molecule has 1 rings (SSSR count). The maximum absolute atomic E-state index is 12.3. The van der Waals surface area contributed by atoms with Crippen LogP contribution in [0.2, 0.25) is 0 Å². The van der Waals surface area contributed by atoms with Gasteiger partial charge in [0.1, 0.15) is 0 Å². The summed E-state index contributed by atoms with van der Waals surface area (Å²) in [4.78, 5) is 0. The average molecular weight is 360 g/mol. The summed E-state index contributed by atoms with van der Waals surface area (Å²) in [6.45, 7) is 12.5. The Balaban J connectivity index is -0.000000281. The van der Waals surface area contributed by atoms with Gasteiger partial charge in [0.15, 0.2) is 0 Å². The van der Waals surface area contributed by atoms with Gasteiger partial charge in [0.05, 0.1) is 0 Å². The monoisotopic (exact) mass is 358 g/mol. The summed E-state index contributed by atoms with van der Waals surface area (Å²) in [5.41, 5.74) is 1.68. The second kappa shape index (κ2) is 9.52. The van der Waals surface area contributed by atoms with Gasteiger partial charge in [0, 0.05) is 0 Å². The molecule has 0 aliphatic heterocycles. The topological polar surface area (TPSA) is 23.1 Å². The molecule has 1 aromatic carbocycles. The Morgan fingerprint density at radius 3 is 1.21 bits per heavy atom. The zero-order valence-electron chi connectivity index (χ0n) is 12.3. The number of benzene rings is 1. The predicted octanol–water partition coefficient (Wildman–Crippen LogP) is -5.64. The molecule has 5 heteroatoms. The fourth-order valence-electron chi connectivity index (χ4n) is 1.72. The molecule has 0 atom stereocenters. The van der Waals surface area contributed by atoms with Crippen LogP contribution in [-0.2, 0) is 32.5 Å². The van der Waals surface area contributed by atoms with Crippen LogP contribution in [0.25, 0.3) is 0 Å². The summed E-state index contributed by atoms with van der Waals surface area (Å²) >= 11 is 0. The SMILES string of the molecule is CC(C)(C)c1cccc(C(C)(C)C)c1[O-].[Cl-].[Cl-].[Cl-].[Ti+4]. The molecule has 19 heavy (non-hydrogen) atoms. The van der Waals surface area contributed by atoms with Crippen LogP contribution in [0.4, 0.5) is 0 Å². The van der Waals surface area contributed by atoms with Crippen molar-refractivity contribution in [2.75, 3.05) is 0 Å². The van der Waals surface area contributed by atoms with Gasteiger partial charge in [-0.15, -0.1) is 5.75 Å². The molecule has 0 amide bonds. The molecule has 0 fully saturated rings. The zero-order valence-corrected chi connectivity index (χ0v) is 16.1. The third-order valence-corrected chi connectivity index (χ3v) is 2.63. The van der Waals surface area contributed by atoms with E-state index in [9.17, 15) is 5.11 Å². The van der Waals surface area contributed by atoms with E-state index in [1.54, 1.807) is 0 Å². The second-order valence-electron chi connectivity index (χ2n) is 6.18. The molecule has 0 unspecified atom stereocenters. The molecule has 0 aliphatic rings. The minimum Gasteiger partial charge on any atom is -1.00 e. The van der Waals surface area contributed by atoms with E-state index >= 15 is 0 Å². The van der Waals surface area contributed by atoms with Gasteiger partial charge >= 0.3 is 21.7 Å². The van der Waals surface area contributed by atoms with Crippen LogP contribution >= 0.6 is 0 Å². The Hall–Kier alpha value is 0.604. The first-order valence-corrected chi connectivity index (χ1v) is 5.45. The van der Waals surface area contributed by atoms with Gasteiger partial charge in [0.25, 0.3) is 0 Å². The Morgan fingerprint density at radius 2 is 1.00 bits per heavy atom. The third-order valence-electron chi connectivity index (χ3n) is 2.63. The van der Waals surface area contributed by atoms with Crippen LogP contribution in [0.15, 0.2) is 18.2 Å². The zero-order chi connectivity index (χ0) is 11.9. The number of hydrogen-bond acceptors (Lipinski definition) is 1. The van der Waals surface area contributed by atoms with Gasteiger partial charge in [-0.05, 0) is 10.8 Å². The Bertz CT molecular complexity index is 336. The first kappa shape index (κ1) is 27.9. The van der Waals surface area contributed by atoms with E-state index in [0.29, 0.717) is 0 Å². The van der Waals surface area contributed by atoms with Crippen LogP contribution in [-0.4, -0.2) is 0 Å². The summed E-state index contributed by atoms with van der Waals surface area (Å²) < 4.78 is 0. The largest absolute Gasteiger partial charge is 4.00 e. The van der Waals surface area contributed by atoms with E-state index < -0.39 is 0 Å². The van der Waals surface area contributed by atoms with E-state index in [-0.39, 0.29) is 75.5 Å². The van der Waals surface area contributed by atoms with Crippen molar-refractivity contribution in [1.82, 2.24) is 0 Å². The van der Waals surface area contributed by atoms with Crippen molar-refractivity contribution < 1.29 is 64.0 Å². The molecule has 1 nitrogen and oxygen atoms in total. The van der Waals surface area contributed by atoms with Crippen molar-refractivity contribution in [1.29, 1.82) is 0 Å². The second-order valence-corrected chi connectivity index (χ2v) is 6.18. The normalized spacial score (nSPS) is 10.2. The number of hydrogen-bond donors (Lipinski definition) is 0. The van der Waals surface area contributed by atoms with Crippen LogP contribution in [0, 0.1) is 0 Å². The van der Waals surface area contributed by atoms with Gasteiger partial charge in [0.2, 0.25) is 0 Å². The average Bonchev–Trinajstić information content (AvgIpc) is 1.99. The third kappa shape index (κ3) is 7.25. The fourth-order valence-corrected chi connectivity index (χ4v) is 1.72. The molecule has 0 aliphatic carbocycles. The van der Waals surface area contributed by atoms with Crippen LogP contribution in [0.3, 0.4) is 0 Å². The first-order chi connectivity index (χ1) is 6.64. The molecule has 0 saturated heterocycles. The van der Waals surface area contributed by atoms with Gasteiger partial charge in [-0.3, -0.25) is 0 Å². The fraction of sp³-hybridized carbons (Fsp3) is 0.571. The molecule has 0 heterocycles. The summed E-state index contributed by atoms with van der Waals surface area (Å²) in [6.07, 6.45) is 0. The Morgan fingerprint density at radius 1 is 0.737 bits per heavy atom.